The van der Waals surface area contributed by atoms with E-state index < -0.39 is 23.3 Å². The van der Waals surface area contributed by atoms with E-state index in [9.17, 15) is 19.5 Å². The van der Waals surface area contributed by atoms with Crippen LogP contribution in [0.1, 0.15) is 13.3 Å². The number of carbonyl (C=O) groups is 1. The van der Waals surface area contributed by atoms with Crippen molar-refractivity contribution < 1.29 is 9.90 Å². The van der Waals surface area contributed by atoms with Crippen molar-refractivity contribution in [2.45, 2.75) is 26.0 Å². The fourth-order valence-electron chi connectivity index (χ4n) is 1.16. The van der Waals surface area contributed by atoms with Gasteiger partial charge < -0.3 is 10.4 Å². The smallest absolute Gasteiger partial charge is 0.328 e. The Morgan fingerprint density at radius 3 is 2.88 bits per heavy atom. The zero-order valence-corrected chi connectivity index (χ0v) is 9.47. The van der Waals surface area contributed by atoms with E-state index in [0.29, 0.717) is 6.42 Å². The van der Waals surface area contributed by atoms with Crippen molar-refractivity contribution in [3.8, 4) is 0 Å². The summed E-state index contributed by atoms with van der Waals surface area (Å²) in [5.41, 5.74) is -1.14. The second-order valence-corrected chi connectivity index (χ2v) is 3.60. The predicted octanol–water partition coefficient (Wildman–Crippen LogP) is -1.58. The number of aromatic nitrogens is 2. The van der Waals surface area contributed by atoms with Crippen LogP contribution >= 0.6 is 0 Å². The SMILES string of the molecule is CCC(O)CNC(=O)Cn1ccc(=O)[nH]c1=O. The van der Waals surface area contributed by atoms with Crippen LogP contribution in [0, 0.1) is 0 Å². The number of hydrogen-bond acceptors (Lipinski definition) is 4. The minimum absolute atomic E-state index is 0.146. The molecule has 7 nitrogen and oxygen atoms in total. The molecule has 7 heteroatoms. The van der Waals surface area contributed by atoms with Gasteiger partial charge in [0.25, 0.3) is 5.56 Å². The lowest BCUT2D eigenvalue weighted by atomic mass is 10.3. The van der Waals surface area contributed by atoms with Crippen LogP contribution < -0.4 is 16.6 Å². The normalized spacial score (nSPS) is 12.1. The molecule has 1 unspecified atom stereocenters. The molecule has 0 aliphatic heterocycles. The van der Waals surface area contributed by atoms with Crippen LogP contribution in [0.3, 0.4) is 0 Å². The summed E-state index contributed by atoms with van der Waals surface area (Å²) in [7, 11) is 0. The van der Waals surface area contributed by atoms with Crippen LogP contribution in [0.15, 0.2) is 21.9 Å². The number of H-pyrrole nitrogens is 1. The number of aliphatic hydroxyl groups excluding tert-OH is 1. The molecule has 0 aliphatic carbocycles. The van der Waals surface area contributed by atoms with Gasteiger partial charge in [0, 0.05) is 18.8 Å². The molecule has 1 rings (SSSR count). The number of amides is 1. The maximum Gasteiger partial charge on any atom is 0.328 e. The van der Waals surface area contributed by atoms with Gasteiger partial charge >= 0.3 is 5.69 Å². The molecule has 1 aromatic rings. The number of aromatic amines is 1. The lowest BCUT2D eigenvalue weighted by Gasteiger charge is -2.09. The molecule has 0 spiro atoms. The van der Waals surface area contributed by atoms with Gasteiger partial charge in [0.15, 0.2) is 0 Å². The summed E-state index contributed by atoms with van der Waals surface area (Å²) in [6, 6.07) is 1.16. The van der Waals surface area contributed by atoms with E-state index in [2.05, 4.69) is 5.32 Å². The first kappa shape index (κ1) is 13.2. The van der Waals surface area contributed by atoms with Crippen molar-refractivity contribution in [2.24, 2.45) is 0 Å². The van der Waals surface area contributed by atoms with Gasteiger partial charge in [-0.3, -0.25) is 19.1 Å². The zero-order chi connectivity index (χ0) is 12.8. The van der Waals surface area contributed by atoms with Crippen molar-refractivity contribution in [1.82, 2.24) is 14.9 Å². The molecule has 0 saturated carbocycles. The van der Waals surface area contributed by atoms with Crippen LogP contribution in [0.4, 0.5) is 0 Å². The highest BCUT2D eigenvalue weighted by molar-refractivity contribution is 5.75. The molecule has 0 aliphatic rings. The number of rotatable bonds is 5. The fraction of sp³-hybridized carbons (Fsp3) is 0.500. The van der Waals surface area contributed by atoms with Crippen molar-refractivity contribution in [1.29, 1.82) is 0 Å². The molecule has 1 atom stereocenters. The van der Waals surface area contributed by atoms with Crippen LogP contribution in [-0.4, -0.2) is 33.2 Å². The molecule has 3 N–H and O–H groups in total. The summed E-state index contributed by atoms with van der Waals surface area (Å²) in [5, 5.41) is 11.7. The Labute approximate surface area is 97.1 Å². The summed E-state index contributed by atoms with van der Waals surface area (Å²) in [6.07, 6.45) is 1.20. The van der Waals surface area contributed by atoms with E-state index in [1.54, 1.807) is 6.92 Å². The van der Waals surface area contributed by atoms with Gasteiger partial charge in [-0.05, 0) is 6.42 Å². The van der Waals surface area contributed by atoms with Crippen molar-refractivity contribution in [3.63, 3.8) is 0 Å². The van der Waals surface area contributed by atoms with Crippen molar-refractivity contribution in [3.05, 3.63) is 33.1 Å². The van der Waals surface area contributed by atoms with Crippen LogP contribution in [0.25, 0.3) is 0 Å². The second kappa shape index (κ2) is 6.00. The molecule has 1 amide bonds. The number of hydrogen-bond donors (Lipinski definition) is 3. The molecule has 1 aromatic heterocycles. The highest BCUT2D eigenvalue weighted by Gasteiger charge is 2.06. The average molecular weight is 241 g/mol. The molecule has 0 fully saturated rings. The van der Waals surface area contributed by atoms with Gasteiger partial charge in [0.2, 0.25) is 5.91 Å². The largest absolute Gasteiger partial charge is 0.391 e. The van der Waals surface area contributed by atoms with Crippen molar-refractivity contribution in [2.75, 3.05) is 6.54 Å². The second-order valence-electron chi connectivity index (χ2n) is 3.60. The number of nitrogens with one attached hydrogen (secondary N) is 2. The third-order valence-electron chi connectivity index (χ3n) is 2.22. The van der Waals surface area contributed by atoms with Gasteiger partial charge in [-0.2, -0.15) is 0 Å². The maximum atomic E-state index is 11.4. The Kier molecular flexibility index (Phi) is 4.65. The van der Waals surface area contributed by atoms with E-state index >= 15 is 0 Å². The lowest BCUT2D eigenvalue weighted by Crippen LogP contribution is -2.38. The predicted molar refractivity (Wildman–Crippen MR) is 60.6 cm³/mol. The third kappa shape index (κ3) is 4.23. The summed E-state index contributed by atoms with van der Waals surface area (Å²) in [6.45, 7) is 1.75. The molecular formula is C10H15N3O4. The first-order chi connectivity index (χ1) is 8.02. The minimum Gasteiger partial charge on any atom is -0.391 e. The molecule has 1 heterocycles. The monoisotopic (exact) mass is 241 g/mol. The summed E-state index contributed by atoms with van der Waals surface area (Å²) >= 11 is 0. The van der Waals surface area contributed by atoms with Crippen LogP contribution in [0.5, 0.6) is 0 Å². The number of carbonyl (C=O) groups excluding carboxylic acids is 1. The van der Waals surface area contributed by atoms with Gasteiger partial charge in [-0.25, -0.2) is 4.79 Å². The van der Waals surface area contributed by atoms with E-state index in [4.69, 9.17) is 0 Å². The quantitative estimate of drug-likeness (QED) is 0.579. The van der Waals surface area contributed by atoms with Crippen LogP contribution in [-0.2, 0) is 11.3 Å². The summed E-state index contributed by atoms with van der Waals surface area (Å²) < 4.78 is 1.08. The topological polar surface area (TPSA) is 104 Å². The zero-order valence-electron chi connectivity index (χ0n) is 9.47. The molecule has 0 radical (unpaired) electrons. The average Bonchev–Trinajstić information content (AvgIpc) is 2.29. The Hall–Kier alpha value is -1.89. The Morgan fingerprint density at radius 1 is 1.59 bits per heavy atom. The van der Waals surface area contributed by atoms with E-state index in [1.807, 2.05) is 4.98 Å². The fourth-order valence-corrected chi connectivity index (χ4v) is 1.16. The number of nitrogens with zero attached hydrogens (tertiary/aromatic N) is 1. The third-order valence-corrected chi connectivity index (χ3v) is 2.22. The maximum absolute atomic E-state index is 11.4. The van der Waals surface area contributed by atoms with Crippen LogP contribution in [0.2, 0.25) is 0 Å². The molecule has 0 bridgehead atoms. The van der Waals surface area contributed by atoms with Gasteiger partial charge in [-0.1, -0.05) is 6.92 Å². The molecular weight excluding hydrogens is 226 g/mol. The first-order valence-electron chi connectivity index (χ1n) is 5.27. The Bertz CT molecular complexity index is 491. The van der Waals surface area contributed by atoms with Gasteiger partial charge in [0.05, 0.1) is 6.10 Å². The van der Waals surface area contributed by atoms with E-state index in [-0.39, 0.29) is 13.1 Å². The lowest BCUT2D eigenvalue weighted by molar-refractivity contribution is -0.122. The highest BCUT2D eigenvalue weighted by atomic mass is 16.3. The Balaban J connectivity index is 2.57. The Morgan fingerprint density at radius 2 is 2.29 bits per heavy atom. The molecule has 94 valence electrons. The molecule has 0 saturated heterocycles. The molecule has 0 aromatic carbocycles. The summed E-state index contributed by atoms with van der Waals surface area (Å²) in [4.78, 5) is 35.5. The van der Waals surface area contributed by atoms with Crippen molar-refractivity contribution >= 4 is 5.91 Å². The standard InChI is InChI=1S/C10H15N3O4/c1-2-7(14)5-11-9(16)6-13-4-3-8(15)12-10(13)17/h3-4,7,14H,2,5-6H2,1H3,(H,11,16)(H,12,15,17). The van der Waals surface area contributed by atoms with Gasteiger partial charge in [0.1, 0.15) is 6.54 Å². The van der Waals surface area contributed by atoms with E-state index in [0.717, 1.165) is 10.6 Å². The van der Waals surface area contributed by atoms with E-state index in [1.165, 1.54) is 6.20 Å². The van der Waals surface area contributed by atoms with Gasteiger partial charge in [-0.15, -0.1) is 0 Å². The molecule has 17 heavy (non-hydrogen) atoms. The number of aliphatic hydroxyl groups is 1. The minimum atomic E-state index is -0.635. The first-order valence-corrected chi connectivity index (χ1v) is 5.27. The highest BCUT2D eigenvalue weighted by Crippen LogP contribution is 1.86. The summed E-state index contributed by atoms with van der Waals surface area (Å²) in [5.74, 6) is -0.397.